The molecular formula is C11H15ClN6OS. The van der Waals surface area contributed by atoms with Crippen LogP contribution in [0.25, 0.3) is 0 Å². The number of halogens is 1. The number of carbonyl (C=O) groups is 1. The van der Waals surface area contributed by atoms with Gasteiger partial charge in [0.1, 0.15) is 5.51 Å². The number of hydrogen-bond donors (Lipinski definition) is 2. The Kier molecular flexibility index (Phi) is 4.69. The van der Waals surface area contributed by atoms with E-state index in [4.69, 9.17) is 0 Å². The molecule has 1 aliphatic rings. The maximum absolute atomic E-state index is 12.3. The minimum atomic E-state index is -0.104. The Morgan fingerprint density at radius 1 is 1.55 bits per heavy atom. The summed E-state index contributed by atoms with van der Waals surface area (Å²) in [7, 11) is 1.88. The van der Waals surface area contributed by atoms with Crippen LogP contribution in [0.3, 0.4) is 0 Å². The quantitative estimate of drug-likeness (QED) is 0.868. The van der Waals surface area contributed by atoms with Crippen molar-refractivity contribution in [2.24, 2.45) is 13.0 Å². The van der Waals surface area contributed by atoms with Crippen molar-refractivity contribution in [1.82, 2.24) is 25.3 Å². The number of aromatic nitrogens is 4. The van der Waals surface area contributed by atoms with Gasteiger partial charge in [0.2, 0.25) is 11.0 Å². The molecule has 7 nitrogen and oxygen atoms in total. The molecule has 3 rings (SSSR count). The normalized spacial score (nSPS) is 21.4. The Morgan fingerprint density at radius 3 is 3.05 bits per heavy atom. The van der Waals surface area contributed by atoms with Crippen LogP contribution in [-0.4, -0.2) is 39.0 Å². The summed E-state index contributed by atoms with van der Waals surface area (Å²) < 4.78 is 1.76. The Bertz CT molecular complexity index is 571. The molecule has 2 atom stereocenters. The molecule has 2 N–H and O–H groups in total. The number of amides is 1. The smallest absolute Gasteiger partial charge is 0.231 e. The van der Waals surface area contributed by atoms with Gasteiger partial charge in [-0.05, 0) is 5.56 Å². The molecule has 0 aliphatic carbocycles. The zero-order valence-corrected chi connectivity index (χ0v) is 12.4. The molecule has 2 aromatic heterocycles. The van der Waals surface area contributed by atoms with Gasteiger partial charge in [-0.3, -0.25) is 9.48 Å². The molecule has 108 valence electrons. The van der Waals surface area contributed by atoms with Crippen molar-refractivity contribution >= 4 is 34.8 Å². The van der Waals surface area contributed by atoms with Crippen molar-refractivity contribution in [1.29, 1.82) is 0 Å². The van der Waals surface area contributed by atoms with Crippen LogP contribution in [0.15, 0.2) is 17.9 Å². The molecule has 0 radical (unpaired) electrons. The number of anilines is 1. The van der Waals surface area contributed by atoms with Crippen molar-refractivity contribution in [2.45, 2.75) is 5.92 Å². The van der Waals surface area contributed by atoms with Crippen molar-refractivity contribution in [2.75, 3.05) is 18.4 Å². The van der Waals surface area contributed by atoms with E-state index in [1.807, 2.05) is 19.4 Å². The van der Waals surface area contributed by atoms with E-state index in [0.29, 0.717) is 11.7 Å². The molecule has 0 saturated carbocycles. The van der Waals surface area contributed by atoms with Crippen molar-refractivity contribution < 1.29 is 4.79 Å². The van der Waals surface area contributed by atoms with Gasteiger partial charge in [0, 0.05) is 32.3 Å². The molecule has 0 bridgehead atoms. The highest BCUT2D eigenvalue weighted by molar-refractivity contribution is 7.13. The van der Waals surface area contributed by atoms with Crippen molar-refractivity contribution in [3.8, 4) is 0 Å². The predicted molar refractivity (Wildman–Crippen MR) is 78.1 cm³/mol. The van der Waals surface area contributed by atoms with Crippen LogP contribution >= 0.6 is 23.7 Å². The zero-order chi connectivity index (χ0) is 13.2. The third-order valence-corrected chi connectivity index (χ3v) is 3.90. The number of aryl methyl sites for hydroxylation is 1. The highest BCUT2D eigenvalue weighted by Crippen LogP contribution is 2.28. The minimum absolute atomic E-state index is 0. The number of rotatable bonds is 3. The minimum Gasteiger partial charge on any atom is -0.315 e. The van der Waals surface area contributed by atoms with E-state index in [9.17, 15) is 4.79 Å². The molecule has 2 aromatic rings. The summed E-state index contributed by atoms with van der Waals surface area (Å²) in [4.78, 5) is 12.3. The van der Waals surface area contributed by atoms with E-state index in [-0.39, 0.29) is 30.2 Å². The lowest BCUT2D eigenvalue weighted by atomic mass is 9.90. The summed E-state index contributed by atoms with van der Waals surface area (Å²) in [5, 5.41) is 18.3. The van der Waals surface area contributed by atoms with E-state index in [0.717, 1.165) is 12.1 Å². The van der Waals surface area contributed by atoms with Crippen LogP contribution in [0, 0.1) is 5.92 Å². The molecule has 9 heteroatoms. The molecule has 1 saturated heterocycles. The fraction of sp³-hybridized carbons (Fsp3) is 0.455. The number of carbonyl (C=O) groups excluding carboxylic acids is 1. The second-order valence-corrected chi connectivity index (χ2v) is 5.38. The first-order valence-corrected chi connectivity index (χ1v) is 6.88. The zero-order valence-electron chi connectivity index (χ0n) is 10.8. The fourth-order valence-electron chi connectivity index (χ4n) is 2.36. The van der Waals surface area contributed by atoms with Gasteiger partial charge in [0.25, 0.3) is 0 Å². The Morgan fingerprint density at radius 2 is 2.40 bits per heavy atom. The van der Waals surface area contributed by atoms with Crippen LogP contribution in [0.5, 0.6) is 0 Å². The number of nitrogens with zero attached hydrogens (tertiary/aromatic N) is 4. The average molecular weight is 315 g/mol. The van der Waals surface area contributed by atoms with E-state index in [1.165, 1.54) is 11.3 Å². The van der Waals surface area contributed by atoms with Gasteiger partial charge < -0.3 is 10.6 Å². The van der Waals surface area contributed by atoms with Crippen LogP contribution < -0.4 is 10.6 Å². The van der Waals surface area contributed by atoms with Crippen LogP contribution in [0.2, 0.25) is 0 Å². The lowest BCUT2D eigenvalue weighted by Crippen LogP contribution is -2.28. The number of hydrogen-bond acceptors (Lipinski definition) is 6. The van der Waals surface area contributed by atoms with Crippen LogP contribution in [0.1, 0.15) is 11.5 Å². The summed E-state index contributed by atoms with van der Waals surface area (Å²) in [6, 6.07) is 0. The summed E-state index contributed by atoms with van der Waals surface area (Å²) in [6.45, 7) is 1.46. The highest BCUT2D eigenvalue weighted by atomic mass is 35.5. The third kappa shape index (κ3) is 2.97. The van der Waals surface area contributed by atoms with E-state index in [1.54, 1.807) is 10.2 Å². The van der Waals surface area contributed by atoms with Gasteiger partial charge in [-0.25, -0.2) is 0 Å². The van der Waals surface area contributed by atoms with Gasteiger partial charge in [-0.15, -0.1) is 22.6 Å². The second-order valence-electron chi connectivity index (χ2n) is 4.55. The molecule has 1 aliphatic heterocycles. The first-order valence-electron chi connectivity index (χ1n) is 6.00. The summed E-state index contributed by atoms with van der Waals surface area (Å²) >= 11 is 1.32. The van der Waals surface area contributed by atoms with E-state index >= 15 is 0 Å². The second kappa shape index (κ2) is 6.29. The highest BCUT2D eigenvalue weighted by Gasteiger charge is 2.34. The SMILES string of the molecule is Cl.Cn1cc([C@H]2CNC[C@@H]2C(=O)Nc2nncs2)cn1. The first kappa shape index (κ1) is 14.9. The first-order chi connectivity index (χ1) is 9.24. The lowest BCUT2D eigenvalue weighted by Gasteiger charge is -2.15. The third-order valence-electron chi connectivity index (χ3n) is 3.29. The maximum Gasteiger partial charge on any atom is 0.231 e. The summed E-state index contributed by atoms with van der Waals surface area (Å²) in [6.07, 6.45) is 3.78. The predicted octanol–water partition coefficient (Wildman–Crippen LogP) is 0.635. The Hall–Kier alpha value is -1.51. The fourth-order valence-corrected chi connectivity index (χ4v) is 2.81. The number of nitrogens with one attached hydrogen (secondary N) is 2. The molecule has 1 fully saturated rings. The van der Waals surface area contributed by atoms with Gasteiger partial charge in [0.05, 0.1) is 12.1 Å². The molecule has 20 heavy (non-hydrogen) atoms. The van der Waals surface area contributed by atoms with E-state index < -0.39 is 0 Å². The molecule has 0 unspecified atom stereocenters. The van der Waals surface area contributed by atoms with Crippen LogP contribution in [-0.2, 0) is 11.8 Å². The molecule has 1 amide bonds. The molecular weight excluding hydrogens is 300 g/mol. The maximum atomic E-state index is 12.3. The van der Waals surface area contributed by atoms with E-state index in [2.05, 4.69) is 25.9 Å². The van der Waals surface area contributed by atoms with Gasteiger partial charge in [-0.2, -0.15) is 5.10 Å². The molecule has 0 spiro atoms. The molecule has 0 aromatic carbocycles. The topological polar surface area (TPSA) is 84.7 Å². The Labute approximate surface area is 126 Å². The van der Waals surface area contributed by atoms with Gasteiger partial charge in [0.15, 0.2) is 0 Å². The molecule has 3 heterocycles. The Balaban J connectivity index is 0.00000147. The largest absolute Gasteiger partial charge is 0.315 e. The monoisotopic (exact) mass is 314 g/mol. The van der Waals surface area contributed by atoms with Crippen molar-refractivity contribution in [3.63, 3.8) is 0 Å². The summed E-state index contributed by atoms with van der Waals surface area (Å²) in [5.74, 6) is 0.0327. The lowest BCUT2D eigenvalue weighted by molar-refractivity contribution is -0.119. The standard InChI is InChI=1S/C11H14N6OS.ClH/c1-17-5-7(2-14-17)8-3-12-4-9(8)10(18)15-11-16-13-6-19-11;/h2,5-6,8-9,12H,3-4H2,1H3,(H,15,16,18);1H/t8-,9+;/m1./s1. The van der Waals surface area contributed by atoms with Crippen LogP contribution in [0.4, 0.5) is 5.13 Å². The summed E-state index contributed by atoms with van der Waals surface area (Å²) in [5.41, 5.74) is 2.69. The van der Waals surface area contributed by atoms with Gasteiger partial charge in [-0.1, -0.05) is 11.3 Å². The average Bonchev–Trinajstić information content (AvgIpc) is 3.07. The van der Waals surface area contributed by atoms with Crippen molar-refractivity contribution in [3.05, 3.63) is 23.5 Å². The van der Waals surface area contributed by atoms with Gasteiger partial charge >= 0.3 is 0 Å².